The van der Waals surface area contributed by atoms with E-state index in [1.54, 1.807) is 6.20 Å². The van der Waals surface area contributed by atoms with Crippen LogP contribution in [0.1, 0.15) is 32.3 Å². The number of carbonyl (C=O) groups is 1. The SMILES string of the molecule is CC1(C)C(=O)N(C2CCNCC2)c2ncccc21.Cl.Cl. The maximum atomic E-state index is 12.6. The minimum absolute atomic E-state index is 0. The standard InChI is InChI=1S/C14H19N3O.2ClH/c1-14(2)11-4-3-7-16-12(11)17(13(14)18)10-5-8-15-9-6-10;;/h3-4,7,10,15H,5-6,8-9H2,1-2H3;2*1H. The highest BCUT2D eigenvalue weighted by atomic mass is 35.5. The number of aromatic nitrogens is 1. The molecular weight excluding hydrogens is 297 g/mol. The molecule has 1 aromatic rings. The molecular formula is C14H21Cl2N3O. The van der Waals surface area contributed by atoms with Gasteiger partial charge in [-0.2, -0.15) is 0 Å². The normalized spacial score (nSPS) is 20.9. The van der Waals surface area contributed by atoms with Crippen molar-refractivity contribution in [1.29, 1.82) is 0 Å². The largest absolute Gasteiger partial charge is 0.317 e. The monoisotopic (exact) mass is 317 g/mol. The summed E-state index contributed by atoms with van der Waals surface area (Å²) in [6, 6.07) is 4.25. The Bertz CT molecular complexity index is 487. The van der Waals surface area contributed by atoms with E-state index in [0.717, 1.165) is 37.3 Å². The van der Waals surface area contributed by atoms with Crippen molar-refractivity contribution in [3.8, 4) is 0 Å². The van der Waals surface area contributed by atoms with Crippen LogP contribution in [-0.2, 0) is 10.2 Å². The van der Waals surface area contributed by atoms with Crippen molar-refractivity contribution in [3.05, 3.63) is 23.9 Å². The lowest BCUT2D eigenvalue weighted by atomic mass is 9.87. The van der Waals surface area contributed by atoms with E-state index in [4.69, 9.17) is 0 Å². The second-order valence-corrected chi connectivity index (χ2v) is 5.66. The van der Waals surface area contributed by atoms with E-state index in [2.05, 4.69) is 10.3 Å². The fourth-order valence-electron chi connectivity index (χ4n) is 2.99. The molecule has 0 aromatic carbocycles. The van der Waals surface area contributed by atoms with E-state index < -0.39 is 5.41 Å². The van der Waals surface area contributed by atoms with Gasteiger partial charge in [-0.15, -0.1) is 24.8 Å². The highest BCUT2D eigenvalue weighted by Gasteiger charge is 2.47. The molecule has 20 heavy (non-hydrogen) atoms. The Morgan fingerprint density at radius 3 is 2.60 bits per heavy atom. The zero-order chi connectivity index (χ0) is 12.8. The molecule has 3 rings (SSSR count). The summed E-state index contributed by atoms with van der Waals surface area (Å²) in [5.41, 5.74) is 0.627. The number of halogens is 2. The summed E-state index contributed by atoms with van der Waals surface area (Å²) in [6.07, 6.45) is 3.80. The fourth-order valence-corrected chi connectivity index (χ4v) is 2.99. The van der Waals surface area contributed by atoms with Gasteiger partial charge in [-0.3, -0.25) is 9.69 Å². The van der Waals surface area contributed by atoms with Gasteiger partial charge in [0.1, 0.15) is 5.82 Å². The first-order valence-electron chi connectivity index (χ1n) is 6.62. The van der Waals surface area contributed by atoms with Crippen molar-refractivity contribution in [2.24, 2.45) is 0 Å². The quantitative estimate of drug-likeness (QED) is 0.864. The molecule has 1 amide bonds. The molecule has 2 aliphatic heterocycles. The zero-order valence-corrected chi connectivity index (χ0v) is 13.4. The molecule has 112 valence electrons. The number of rotatable bonds is 1. The van der Waals surface area contributed by atoms with Crippen LogP contribution in [0.3, 0.4) is 0 Å². The Kier molecular flexibility index (Phi) is 5.41. The van der Waals surface area contributed by atoms with Crippen LogP contribution in [0.15, 0.2) is 18.3 Å². The van der Waals surface area contributed by atoms with Crippen molar-refractivity contribution < 1.29 is 4.79 Å². The van der Waals surface area contributed by atoms with Crippen LogP contribution >= 0.6 is 24.8 Å². The van der Waals surface area contributed by atoms with E-state index in [0.29, 0.717) is 6.04 Å². The first-order chi connectivity index (χ1) is 8.62. The number of hydrogen-bond donors (Lipinski definition) is 1. The maximum Gasteiger partial charge on any atom is 0.238 e. The van der Waals surface area contributed by atoms with Crippen LogP contribution in [0.4, 0.5) is 5.82 Å². The fraction of sp³-hybridized carbons (Fsp3) is 0.571. The van der Waals surface area contributed by atoms with Crippen LogP contribution in [-0.4, -0.2) is 30.0 Å². The number of piperidine rings is 1. The molecule has 0 radical (unpaired) electrons. The summed E-state index contributed by atoms with van der Waals surface area (Å²) >= 11 is 0. The number of carbonyl (C=O) groups excluding carboxylic acids is 1. The Morgan fingerprint density at radius 2 is 1.95 bits per heavy atom. The van der Waals surface area contributed by atoms with Gasteiger partial charge in [0.15, 0.2) is 0 Å². The third kappa shape index (κ3) is 2.52. The third-order valence-corrected chi connectivity index (χ3v) is 4.12. The van der Waals surface area contributed by atoms with Crippen molar-refractivity contribution in [3.63, 3.8) is 0 Å². The van der Waals surface area contributed by atoms with E-state index >= 15 is 0 Å². The van der Waals surface area contributed by atoms with Crippen molar-refractivity contribution in [2.45, 2.75) is 38.1 Å². The Hall–Kier alpha value is -0.840. The number of nitrogens with zero attached hydrogens (tertiary/aromatic N) is 2. The summed E-state index contributed by atoms with van der Waals surface area (Å²) in [6.45, 7) is 5.96. The molecule has 0 spiro atoms. The molecule has 1 fully saturated rings. The van der Waals surface area contributed by atoms with Crippen molar-refractivity contribution in [2.75, 3.05) is 18.0 Å². The zero-order valence-electron chi connectivity index (χ0n) is 11.8. The smallest absolute Gasteiger partial charge is 0.238 e. The Balaban J connectivity index is 0.000001000. The van der Waals surface area contributed by atoms with E-state index in [9.17, 15) is 4.79 Å². The van der Waals surface area contributed by atoms with Crippen LogP contribution in [0.25, 0.3) is 0 Å². The number of fused-ring (bicyclic) bond motifs is 1. The van der Waals surface area contributed by atoms with Gasteiger partial charge < -0.3 is 5.32 Å². The Labute approximate surface area is 132 Å². The average Bonchev–Trinajstić information content (AvgIpc) is 2.60. The Morgan fingerprint density at radius 1 is 1.30 bits per heavy atom. The summed E-state index contributed by atoms with van der Waals surface area (Å²) in [5, 5.41) is 3.34. The summed E-state index contributed by atoms with van der Waals surface area (Å²) < 4.78 is 0. The summed E-state index contributed by atoms with van der Waals surface area (Å²) in [7, 11) is 0. The number of anilines is 1. The number of pyridine rings is 1. The van der Waals surface area contributed by atoms with E-state index in [-0.39, 0.29) is 30.7 Å². The van der Waals surface area contributed by atoms with Gasteiger partial charge >= 0.3 is 0 Å². The molecule has 1 saturated heterocycles. The van der Waals surface area contributed by atoms with E-state index in [1.807, 2.05) is 30.9 Å². The van der Waals surface area contributed by atoms with Gasteiger partial charge in [-0.1, -0.05) is 6.07 Å². The second kappa shape index (κ2) is 6.29. The van der Waals surface area contributed by atoms with Gasteiger partial charge in [0.05, 0.1) is 5.41 Å². The maximum absolute atomic E-state index is 12.6. The van der Waals surface area contributed by atoms with Crippen molar-refractivity contribution in [1.82, 2.24) is 10.3 Å². The van der Waals surface area contributed by atoms with Gasteiger partial charge in [0.2, 0.25) is 5.91 Å². The molecule has 1 N–H and O–H groups in total. The lowest BCUT2D eigenvalue weighted by Crippen LogP contribution is -2.47. The van der Waals surface area contributed by atoms with Gasteiger partial charge in [-0.05, 0) is 45.8 Å². The van der Waals surface area contributed by atoms with Crippen molar-refractivity contribution >= 4 is 36.5 Å². The highest BCUT2D eigenvalue weighted by Crippen LogP contribution is 2.41. The molecule has 0 atom stereocenters. The first-order valence-corrected chi connectivity index (χ1v) is 6.62. The van der Waals surface area contributed by atoms with Gasteiger partial charge in [-0.25, -0.2) is 4.98 Å². The molecule has 6 heteroatoms. The lowest BCUT2D eigenvalue weighted by Gasteiger charge is -2.32. The topological polar surface area (TPSA) is 45.2 Å². The molecule has 0 bridgehead atoms. The van der Waals surface area contributed by atoms with Gasteiger partial charge in [0, 0.05) is 17.8 Å². The minimum atomic E-state index is -0.436. The van der Waals surface area contributed by atoms with Crippen LogP contribution in [0.2, 0.25) is 0 Å². The third-order valence-electron chi connectivity index (χ3n) is 4.12. The first kappa shape index (κ1) is 17.2. The average molecular weight is 318 g/mol. The molecule has 4 nitrogen and oxygen atoms in total. The number of amides is 1. The lowest BCUT2D eigenvalue weighted by molar-refractivity contribution is -0.122. The highest BCUT2D eigenvalue weighted by molar-refractivity contribution is 6.06. The number of hydrogen-bond acceptors (Lipinski definition) is 3. The predicted molar refractivity (Wildman–Crippen MR) is 85.1 cm³/mol. The second-order valence-electron chi connectivity index (χ2n) is 5.66. The summed E-state index contributed by atoms with van der Waals surface area (Å²) in [4.78, 5) is 19.0. The van der Waals surface area contributed by atoms with Crippen LogP contribution in [0.5, 0.6) is 0 Å². The molecule has 0 unspecified atom stereocenters. The predicted octanol–water partition coefficient (Wildman–Crippen LogP) is 2.30. The van der Waals surface area contributed by atoms with Crippen LogP contribution in [0, 0.1) is 0 Å². The van der Waals surface area contributed by atoms with Gasteiger partial charge in [0.25, 0.3) is 0 Å². The summed E-state index contributed by atoms with van der Waals surface area (Å²) in [5.74, 6) is 1.07. The molecule has 2 aliphatic rings. The molecule has 0 aliphatic carbocycles. The minimum Gasteiger partial charge on any atom is -0.317 e. The molecule has 0 saturated carbocycles. The van der Waals surface area contributed by atoms with E-state index in [1.165, 1.54) is 0 Å². The number of nitrogens with one attached hydrogen (secondary N) is 1. The van der Waals surface area contributed by atoms with Crippen LogP contribution < -0.4 is 10.2 Å². The molecule has 3 heterocycles. The molecule has 1 aromatic heterocycles.